The average Bonchev–Trinajstić information content (AvgIpc) is 3.58. The SMILES string of the molecule is CC(=O)NCC(=O)C1(C)C(=O)Nc2nc(-c3cc(-c4ccon4)n(Cc4ccccc4F)n3)nc(N)c21. The van der Waals surface area contributed by atoms with Crippen molar-refractivity contribution in [2.24, 2.45) is 0 Å². The molecule has 13 heteroatoms. The van der Waals surface area contributed by atoms with E-state index in [4.69, 9.17) is 10.3 Å². The average molecular weight is 504 g/mol. The summed E-state index contributed by atoms with van der Waals surface area (Å²) in [5.74, 6) is -1.96. The number of hydrogen-bond acceptors (Lipinski definition) is 9. The number of amides is 2. The van der Waals surface area contributed by atoms with Crippen LogP contribution in [0.2, 0.25) is 0 Å². The summed E-state index contributed by atoms with van der Waals surface area (Å²) in [6.07, 6.45) is 1.40. The lowest BCUT2D eigenvalue weighted by Crippen LogP contribution is -2.45. The van der Waals surface area contributed by atoms with Crippen LogP contribution < -0.4 is 16.4 Å². The van der Waals surface area contributed by atoms with E-state index in [-0.39, 0.29) is 41.8 Å². The predicted octanol–water partition coefficient (Wildman–Crippen LogP) is 1.68. The van der Waals surface area contributed by atoms with Crippen LogP contribution in [0.4, 0.5) is 16.0 Å². The minimum absolute atomic E-state index is 0.0674. The number of anilines is 2. The lowest BCUT2D eigenvalue weighted by Gasteiger charge is -2.21. The van der Waals surface area contributed by atoms with Crippen molar-refractivity contribution < 1.29 is 23.3 Å². The number of ketones is 1. The van der Waals surface area contributed by atoms with Crippen molar-refractivity contribution in [2.45, 2.75) is 25.8 Å². The highest BCUT2D eigenvalue weighted by Crippen LogP contribution is 2.41. The number of carbonyl (C=O) groups excluding carboxylic acids is 3. The van der Waals surface area contributed by atoms with Gasteiger partial charge in [-0.05, 0) is 19.1 Å². The van der Waals surface area contributed by atoms with Gasteiger partial charge in [-0.3, -0.25) is 19.1 Å². The van der Waals surface area contributed by atoms with Gasteiger partial charge in [-0.1, -0.05) is 23.4 Å². The summed E-state index contributed by atoms with van der Waals surface area (Å²) in [6, 6.07) is 9.57. The van der Waals surface area contributed by atoms with Crippen LogP contribution in [0.25, 0.3) is 22.9 Å². The molecule has 5 rings (SSSR count). The van der Waals surface area contributed by atoms with Crippen LogP contribution in [0.15, 0.2) is 47.2 Å². The van der Waals surface area contributed by atoms with Crippen molar-refractivity contribution in [1.82, 2.24) is 30.2 Å². The third kappa shape index (κ3) is 4.09. The van der Waals surface area contributed by atoms with Gasteiger partial charge < -0.3 is 20.9 Å². The Morgan fingerprint density at radius 3 is 2.70 bits per heavy atom. The maximum Gasteiger partial charge on any atom is 0.243 e. The van der Waals surface area contributed by atoms with Crippen LogP contribution in [0.3, 0.4) is 0 Å². The minimum Gasteiger partial charge on any atom is -0.383 e. The van der Waals surface area contributed by atoms with E-state index in [1.54, 1.807) is 30.3 Å². The Hall–Kier alpha value is -4.94. The van der Waals surface area contributed by atoms with Gasteiger partial charge in [0.25, 0.3) is 0 Å². The van der Waals surface area contributed by atoms with Gasteiger partial charge in [0.1, 0.15) is 40.5 Å². The molecule has 4 N–H and O–H groups in total. The van der Waals surface area contributed by atoms with Gasteiger partial charge in [0, 0.05) is 18.6 Å². The van der Waals surface area contributed by atoms with Crippen molar-refractivity contribution in [1.29, 1.82) is 0 Å². The van der Waals surface area contributed by atoms with Gasteiger partial charge in [-0.25, -0.2) is 14.4 Å². The van der Waals surface area contributed by atoms with Crippen LogP contribution in [0, 0.1) is 5.82 Å². The molecule has 0 spiro atoms. The summed E-state index contributed by atoms with van der Waals surface area (Å²) in [5, 5.41) is 13.5. The van der Waals surface area contributed by atoms with Gasteiger partial charge in [0.15, 0.2) is 11.6 Å². The molecule has 0 saturated heterocycles. The first-order chi connectivity index (χ1) is 17.7. The topological polar surface area (TPSA) is 171 Å². The number of nitrogens with two attached hydrogens (primary N) is 1. The summed E-state index contributed by atoms with van der Waals surface area (Å²) in [7, 11) is 0. The van der Waals surface area contributed by atoms with Crippen LogP contribution in [0.5, 0.6) is 0 Å². The number of nitrogen functional groups attached to an aromatic ring is 1. The van der Waals surface area contributed by atoms with Crippen LogP contribution >= 0.6 is 0 Å². The Morgan fingerprint density at radius 1 is 1.22 bits per heavy atom. The zero-order chi connectivity index (χ0) is 26.3. The highest BCUT2D eigenvalue weighted by Gasteiger charge is 2.51. The van der Waals surface area contributed by atoms with Crippen LogP contribution in [-0.2, 0) is 26.3 Å². The normalized spacial score (nSPS) is 16.4. The monoisotopic (exact) mass is 504 g/mol. The molecule has 37 heavy (non-hydrogen) atoms. The Bertz CT molecular complexity index is 1550. The number of hydrogen-bond donors (Lipinski definition) is 3. The molecular weight excluding hydrogens is 483 g/mol. The number of nitrogens with zero attached hydrogens (tertiary/aromatic N) is 5. The molecule has 0 aliphatic carbocycles. The number of aromatic nitrogens is 5. The second-order valence-corrected chi connectivity index (χ2v) is 8.62. The second-order valence-electron chi connectivity index (χ2n) is 8.62. The van der Waals surface area contributed by atoms with Gasteiger partial charge >= 0.3 is 0 Å². The molecule has 3 aromatic heterocycles. The Kier molecular flexibility index (Phi) is 5.74. The van der Waals surface area contributed by atoms with E-state index in [0.29, 0.717) is 17.0 Å². The van der Waals surface area contributed by atoms with Crippen molar-refractivity contribution in [3.05, 3.63) is 59.6 Å². The molecule has 0 fully saturated rings. The highest BCUT2D eigenvalue weighted by molar-refractivity contribution is 6.22. The fourth-order valence-corrected chi connectivity index (χ4v) is 4.16. The molecule has 1 atom stereocenters. The number of fused-ring (bicyclic) bond motifs is 1. The van der Waals surface area contributed by atoms with Crippen LogP contribution in [-0.4, -0.2) is 49.0 Å². The molecule has 1 aliphatic heterocycles. The molecule has 1 aromatic carbocycles. The van der Waals surface area contributed by atoms with Crippen molar-refractivity contribution >= 4 is 29.2 Å². The predicted molar refractivity (Wildman–Crippen MR) is 128 cm³/mol. The van der Waals surface area contributed by atoms with E-state index in [1.165, 1.54) is 30.9 Å². The van der Waals surface area contributed by atoms with E-state index in [9.17, 15) is 18.8 Å². The Balaban J connectivity index is 1.56. The molecule has 2 amide bonds. The summed E-state index contributed by atoms with van der Waals surface area (Å²) in [6.45, 7) is 2.40. The van der Waals surface area contributed by atoms with Crippen molar-refractivity contribution in [2.75, 3.05) is 17.6 Å². The van der Waals surface area contributed by atoms with Gasteiger partial charge in [-0.2, -0.15) is 5.10 Å². The molecule has 188 valence electrons. The smallest absolute Gasteiger partial charge is 0.243 e. The first-order valence-electron chi connectivity index (χ1n) is 11.2. The molecular formula is C24H21FN8O4. The molecule has 4 heterocycles. The van der Waals surface area contributed by atoms with Crippen LogP contribution in [0.1, 0.15) is 25.0 Å². The highest BCUT2D eigenvalue weighted by atomic mass is 19.1. The van der Waals surface area contributed by atoms with E-state index >= 15 is 0 Å². The molecule has 1 unspecified atom stereocenters. The first-order valence-corrected chi connectivity index (χ1v) is 11.2. The van der Waals surface area contributed by atoms with E-state index in [2.05, 4.69) is 30.9 Å². The summed E-state index contributed by atoms with van der Waals surface area (Å²) >= 11 is 0. The second kappa shape index (κ2) is 8.93. The number of benzene rings is 1. The van der Waals surface area contributed by atoms with Gasteiger partial charge in [-0.15, -0.1) is 0 Å². The molecule has 0 bridgehead atoms. The minimum atomic E-state index is -1.68. The third-order valence-electron chi connectivity index (χ3n) is 6.17. The quantitative estimate of drug-likeness (QED) is 0.317. The zero-order valence-electron chi connectivity index (χ0n) is 19.8. The lowest BCUT2D eigenvalue weighted by atomic mass is 9.80. The van der Waals surface area contributed by atoms with Gasteiger partial charge in [0.05, 0.1) is 24.3 Å². The fourth-order valence-electron chi connectivity index (χ4n) is 4.16. The maximum atomic E-state index is 14.3. The Morgan fingerprint density at radius 2 is 2.00 bits per heavy atom. The third-order valence-corrected chi connectivity index (χ3v) is 6.17. The maximum absolute atomic E-state index is 14.3. The van der Waals surface area contributed by atoms with E-state index < -0.39 is 28.8 Å². The number of halogens is 1. The molecule has 0 radical (unpaired) electrons. The van der Waals surface area contributed by atoms with Crippen molar-refractivity contribution in [3.63, 3.8) is 0 Å². The molecule has 1 aliphatic rings. The number of nitrogens with one attached hydrogen (secondary N) is 2. The van der Waals surface area contributed by atoms with Crippen molar-refractivity contribution in [3.8, 4) is 22.9 Å². The van der Waals surface area contributed by atoms with E-state index in [0.717, 1.165) is 0 Å². The summed E-state index contributed by atoms with van der Waals surface area (Å²) in [4.78, 5) is 45.7. The molecule has 12 nitrogen and oxygen atoms in total. The molecule has 4 aromatic rings. The standard InChI is InChI=1S/C24H21FN8O4/c1-12(34)27-10-18(35)24(2)19-20(26)28-21(29-22(19)30-23(24)36)16-9-17(15-7-8-37-32-15)33(31-16)11-13-5-3-4-6-14(13)25/h3-9H,10-11H2,1-2H3,(H,27,34)(H3,26,28,29,30,36). The largest absolute Gasteiger partial charge is 0.383 e. The molecule has 0 saturated carbocycles. The number of carbonyl (C=O) groups is 3. The first kappa shape index (κ1) is 23.8. The zero-order valence-corrected chi connectivity index (χ0v) is 19.8. The number of Topliss-reactive ketones (excluding diaryl/α,β-unsaturated/α-hetero) is 1. The number of rotatable bonds is 7. The Labute approximate surface area is 209 Å². The fraction of sp³-hybridized carbons (Fsp3) is 0.208. The van der Waals surface area contributed by atoms with Gasteiger partial charge in [0.2, 0.25) is 11.8 Å². The summed E-state index contributed by atoms with van der Waals surface area (Å²) in [5.41, 5.74) is 6.31. The summed E-state index contributed by atoms with van der Waals surface area (Å²) < 4.78 is 20.8. The lowest BCUT2D eigenvalue weighted by molar-refractivity contribution is -0.133. The van der Waals surface area contributed by atoms with E-state index in [1.807, 2.05) is 0 Å².